The lowest BCUT2D eigenvalue weighted by Crippen LogP contribution is -2.26. The molecule has 0 aliphatic heterocycles. The number of hydrogen-bond donors (Lipinski definition) is 2. The van der Waals surface area contributed by atoms with Crippen LogP contribution in [-0.4, -0.2) is 16.4 Å². The van der Waals surface area contributed by atoms with Crippen molar-refractivity contribution in [3.8, 4) is 0 Å². The molecule has 1 aromatic carbocycles. The molecule has 6 nitrogen and oxygen atoms in total. The maximum Gasteiger partial charge on any atom is 0.307 e. The van der Waals surface area contributed by atoms with Crippen molar-refractivity contribution in [3.05, 3.63) is 56.1 Å². The van der Waals surface area contributed by atoms with E-state index in [2.05, 4.69) is 5.32 Å². The van der Waals surface area contributed by atoms with Crippen LogP contribution in [0.15, 0.2) is 34.4 Å². The number of nitrogens with zero attached hydrogens (tertiary/aromatic N) is 1. The smallest absolute Gasteiger partial charge is 0.307 e. The van der Waals surface area contributed by atoms with Gasteiger partial charge in [-0.15, -0.1) is 0 Å². The van der Waals surface area contributed by atoms with E-state index in [1.807, 2.05) is 6.92 Å². The van der Waals surface area contributed by atoms with E-state index in [-0.39, 0.29) is 17.2 Å². The zero-order valence-corrected chi connectivity index (χ0v) is 13.0. The Kier molecular flexibility index (Phi) is 5.11. The highest BCUT2D eigenvalue weighted by atomic mass is 32.1. The van der Waals surface area contributed by atoms with Crippen molar-refractivity contribution in [2.75, 3.05) is 0 Å². The lowest BCUT2D eigenvalue weighted by Gasteiger charge is -2.07. The van der Waals surface area contributed by atoms with Crippen molar-refractivity contribution in [3.63, 3.8) is 0 Å². The van der Waals surface area contributed by atoms with Crippen molar-refractivity contribution in [1.29, 1.82) is 0 Å². The number of hydrogen-bond acceptors (Lipinski definition) is 4. The van der Waals surface area contributed by atoms with Crippen LogP contribution in [0.2, 0.25) is 0 Å². The normalized spacial score (nSPS) is 10.4. The molecule has 3 N–H and O–H groups in total. The molecule has 0 aliphatic carbocycles. The van der Waals surface area contributed by atoms with E-state index in [9.17, 15) is 14.4 Å². The molecule has 0 aliphatic rings. The fraction of sp³-hybridized carbons (Fsp3) is 0.267. The van der Waals surface area contributed by atoms with E-state index >= 15 is 0 Å². The van der Waals surface area contributed by atoms with E-state index in [0.29, 0.717) is 18.7 Å². The van der Waals surface area contributed by atoms with Crippen LogP contribution in [0.4, 0.5) is 0 Å². The highest BCUT2D eigenvalue weighted by Gasteiger charge is 2.07. The van der Waals surface area contributed by atoms with Gasteiger partial charge in [0, 0.05) is 36.1 Å². The van der Waals surface area contributed by atoms with E-state index in [4.69, 9.17) is 5.73 Å². The van der Waals surface area contributed by atoms with Gasteiger partial charge in [-0.2, -0.15) is 0 Å². The van der Waals surface area contributed by atoms with Gasteiger partial charge in [0.1, 0.15) is 0 Å². The van der Waals surface area contributed by atoms with Gasteiger partial charge in [0.15, 0.2) is 0 Å². The van der Waals surface area contributed by atoms with Gasteiger partial charge in [-0.05, 0) is 24.6 Å². The van der Waals surface area contributed by atoms with Crippen LogP contribution in [0.1, 0.15) is 28.0 Å². The first-order chi connectivity index (χ1) is 10.5. The number of thiazole rings is 1. The molecule has 2 aromatic rings. The van der Waals surface area contributed by atoms with Crippen LogP contribution < -0.4 is 15.9 Å². The molecule has 22 heavy (non-hydrogen) atoms. The molecule has 0 atom stereocenters. The summed E-state index contributed by atoms with van der Waals surface area (Å²) >= 11 is 1.13. The number of carbonyl (C=O) groups excluding carboxylic acids is 2. The molecule has 1 aromatic heterocycles. The monoisotopic (exact) mass is 319 g/mol. The second-order valence-electron chi connectivity index (χ2n) is 4.89. The molecule has 0 saturated carbocycles. The number of carbonyl (C=O) groups is 2. The standard InChI is InChI=1S/C15H17N3O3S/c1-10-9-22-15(21)18(10)6-5-13(19)17-8-11-3-2-4-12(7-11)14(16)20/h2-4,7,9H,5-6,8H2,1H3,(H2,16,20)(H,17,19). The summed E-state index contributed by atoms with van der Waals surface area (Å²) < 4.78 is 1.58. The minimum atomic E-state index is -0.500. The van der Waals surface area contributed by atoms with Crippen molar-refractivity contribution in [2.24, 2.45) is 5.73 Å². The molecule has 0 unspecified atom stereocenters. The summed E-state index contributed by atoms with van der Waals surface area (Å²) in [6, 6.07) is 6.80. The molecule has 0 bridgehead atoms. The molecule has 116 valence electrons. The van der Waals surface area contributed by atoms with Gasteiger partial charge in [-0.1, -0.05) is 23.5 Å². The van der Waals surface area contributed by atoms with Gasteiger partial charge < -0.3 is 15.6 Å². The Morgan fingerprint density at radius 3 is 2.77 bits per heavy atom. The van der Waals surface area contributed by atoms with Crippen LogP contribution >= 0.6 is 11.3 Å². The average Bonchev–Trinajstić information content (AvgIpc) is 2.82. The van der Waals surface area contributed by atoms with Gasteiger partial charge in [-0.25, -0.2) is 0 Å². The Morgan fingerprint density at radius 1 is 1.36 bits per heavy atom. The maximum atomic E-state index is 11.8. The van der Waals surface area contributed by atoms with Crippen LogP contribution in [-0.2, 0) is 17.9 Å². The molecule has 0 fully saturated rings. The van der Waals surface area contributed by atoms with Gasteiger partial charge in [0.05, 0.1) is 0 Å². The molecule has 0 spiro atoms. The third-order valence-corrected chi connectivity index (χ3v) is 4.12. The Morgan fingerprint density at radius 2 is 2.14 bits per heavy atom. The predicted molar refractivity (Wildman–Crippen MR) is 84.7 cm³/mol. The number of amides is 2. The van der Waals surface area contributed by atoms with Gasteiger partial charge in [-0.3, -0.25) is 14.4 Å². The lowest BCUT2D eigenvalue weighted by molar-refractivity contribution is -0.121. The fourth-order valence-corrected chi connectivity index (χ4v) is 2.77. The van der Waals surface area contributed by atoms with Crippen LogP contribution in [0, 0.1) is 6.92 Å². The highest BCUT2D eigenvalue weighted by Crippen LogP contribution is 2.05. The molecule has 0 saturated heterocycles. The quantitative estimate of drug-likeness (QED) is 0.832. The Bertz CT molecular complexity index is 748. The third-order valence-electron chi connectivity index (χ3n) is 3.24. The number of aryl methyl sites for hydroxylation is 1. The zero-order chi connectivity index (χ0) is 16.1. The number of primary amides is 1. The van der Waals surface area contributed by atoms with Crippen molar-refractivity contribution in [2.45, 2.75) is 26.4 Å². The molecule has 7 heteroatoms. The Labute approximate surface area is 131 Å². The second kappa shape index (κ2) is 7.04. The SMILES string of the molecule is Cc1csc(=O)n1CCC(=O)NCc1cccc(C(N)=O)c1. The van der Waals surface area contributed by atoms with Crippen LogP contribution in [0.5, 0.6) is 0 Å². The molecular weight excluding hydrogens is 302 g/mol. The minimum Gasteiger partial charge on any atom is -0.366 e. The summed E-state index contributed by atoms with van der Waals surface area (Å²) in [5.41, 5.74) is 7.28. The first-order valence-electron chi connectivity index (χ1n) is 6.78. The summed E-state index contributed by atoms with van der Waals surface area (Å²) in [5, 5.41) is 4.54. The van der Waals surface area contributed by atoms with Crippen molar-refractivity contribution in [1.82, 2.24) is 9.88 Å². The van der Waals surface area contributed by atoms with E-state index in [0.717, 1.165) is 22.6 Å². The first kappa shape index (κ1) is 16.0. The summed E-state index contributed by atoms with van der Waals surface area (Å²) in [6.07, 6.45) is 0.229. The lowest BCUT2D eigenvalue weighted by atomic mass is 10.1. The predicted octanol–water partition coefficient (Wildman–Crippen LogP) is 1.02. The summed E-state index contributed by atoms with van der Waals surface area (Å²) in [5.74, 6) is -0.650. The van der Waals surface area contributed by atoms with Gasteiger partial charge in [0.2, 0.25) is 11.8 Å². The van der Waals surface area contributed by atoms with E-state index in [1.54, 1.807) is 34.2 Å². The molecule has 2 rings (SSSR count). The van der Waals surface area contributed by atoms with E-state index in [1.165, 1.54) is 0 Å². The first-order valence-corrected chi connectivity index (χ1v) is 7.65. The molecule has 1 heterocycles. The summed E-state index contributed by atoms with van der Waals surface area (Å²) in [7, 11) is 0. The van der Waals surface area contributed by atoms with Crippen molar-refractivity contribution >= 4 is 23.2 Å². The average molecular weight is 319 g/mol. The van der Waals surface area contributed by atoms with Crippen LogP contribution in [0.3, 0.4) is 0 Å². The largest absolute Gasteiger partial charge is 0.366 e. The van der Waals surface area contributed by atoms with Crippen LogP contribution in [0.25, 0.3) is 0 Å². The third kappa shape index (κ3) is 4.05. The fourth-order valence-electron chi connectivity index (χ4n) is 2.01. The number of benzene rings is 1. The molecule has 2 amide bonds. The van der Waals surface area contributed by atoms with E-state index < -0.39 is 5.91 Å². The number of nitrogens with one attached hydrogen (secondary N) is 1. The Balaban J connectivity index is 1.87. The maximum absolute atomic E-state index is 11.8. The number of rotatable bonds is 6. The summed E-state index contributed by atoms with van der Waals surface area (Å²) in [4.78, 5) is 34.4. The van der Waals surface area contributed by atoms with Gasteiger partial charge in [0.25, 0.3) is 0 Å². The highest BCUT2D eigenvalue weighted by molar-refractivity contribution is 7.07. The minimum absolute atomic E-state index is 0.0561. The molecular formula is C15H17N3O3S. The zero-order valence-electron chi connectivity index (χ0n) is 12.2. The summed E-state index contributed by atoms with van der Waals surface area (Å²) in [6.45, 7) is 2.52. The topological polar surface area (TPSA) is 94.2 Å². The Hall–Kier alpha value is -2.41. The number of aromatic nitrogens is 1. The second-order valence-corrected chi connectivity index (χ2v) is 5.71. The molecule has 0 radical (unpaired) electrons. The number of nitrogens with two attached hydrogens (primary N) is 1. The van der Waals surface area contributed by atoms with Crippen molar-refractivity contribution < 1.29 is 9.59 Å². The van der Waals surface area contributed by atoms with Gasteiger partial charge >= 0.3 is 4.87 Å².